The molecule has 2 aromatic heterocycles. The molecule has 0 fully saturated rings. The highest BCUT2D eigenvalue weighted by molar-refractivity contribution is 6.22. The third-order valence-electron chi connectivity index (χ3n) is 3.21. The van der Waals surface area contributed by atoms with Crippen LogP contribution in [0.3, 0.4) is 0 Å². The molecule has 5 nitrogen and oxygen atoms in total. The molecule has 20 heavy (non-hydrogen) atoms. The number of aromatic nitrogens is 2. The molecule has 2 N–H and O–H groups in total. The summed E-state index contributed by atoms with van der Waals surface area (Å²) in [5, 5.41) is -0.381. The summed E-state index contributed by atoms with van der Waals surface area (Å²) < 4.78 is 5.24. The zero-order valence-corrected chi connectivity index (χ0v) is 11.3. The van der Waals surface area contributed by atoms with Crippen molar-refractivity contribution >= 4 is 22.6 Å². The number of aryl methyl sites for hydroxylation is 1. The van der Waals surface area contributed by atoms with Gasteiger partial charge in [-0.3, -0.25) is 9.59 Å². The zero-order valence-electron chi connectivity index (χ0n) is 10.6. The van der Waals surface area contributed by atoms with Gasteiger partial charge in [0.1, 0.15) is 5.76 Å². The lowest BCUT2D eigenvalue weighted by atomic mass is 10.0. The van der Waals surface area contributed by atoms with E-state index >= 15 is 0 Å². The Hall–Kier alpha value is -2.27. The molecule has 3 aromatic rings. The predicted octanol–water partition coefficient (Wildman–Crippen LogP) is 2.45. The highest BCUT2D eigenvalue weighted by Crippen LogP contribution is 2.32. The lowest BCUT2D eigenvalue weighted by molar-refractivity contribution is 0.530. The molecule has 1 atom stereocenters. The van der Waals surface area contributed by atoms with E-state index in [9.17, 15) is 9.59 Å². The summed E-state index contributed by atoms with van der Waals surface area (Å²) in [6.07, 6.45) is 1.58. The van der Waals surface area contributed by atoms with Gasteiger partial charge in [-0.15, -0.1) is 11.6 Å². The van der Waals surface area contributed by atoms with Crippen LogP contribution in [0, 0.1) is 6.92 Å². The third-order valence-corrected chi connectivity index (χ3v) is 3.70. The van der Waals surface area contributed by atoms with Gasteiger partial charge in [-0.05, 0) is 30.7 Å². The lowest BCUT2D eigenvalue weighted by Gasteiger charge is -2.09. The first-order chi connectivity index (χ1) is 9.56. The van der Waals surface area contributed by atoms with Crippen LogP contribution in [0.5, 0.6) is 0 Å². The van der Waals surface area contributed by atoms with Crippen LogP contribution < -0.4 is 11.1 Å². The Balaban J connectivity index is 2.14. The molecule has 0 bridgehead atoms. The van der Waals surface area contributed by atoms with Crippen molar-refractivity contribution in [2.45, 2.75) is 12.3 Å². The molecule has 0 aliphatic rings. The third kappa shape index (κ3) is 2.06. The molecule has 102 valence electrons. The van der Waals surface area contributed by atoms with Crippen molar-refractivity contribution in [1.29, 1.82) is 0 Å². The van der Waals surface area contributed by atoms with Gasteiger partial charge in [0.15, 0.2) is 0 Å². The van der Waals surface area contributed by atoms with Gasteiger partial charge in [-0.25, -0.2) is 0 Å². The van der Waals surface area contributed by atoms with Crippen LogP contribution in [-0.4, -0.2) is 9.97 Å². The van der Waals surface area contributed by atoms with E-state index < -0.39 is 11.1 Å². The SMILES string of the molecule is Cc1occc1C(Cl)c1ccc2[nH]c(=O)c(=O)[nH]c2c1. The van der Waals surface area contributed by atoms with E-state index in [1.807, 2.05) is 13.0 Å². The summed E-state index contributed by atoms with van der Waals surface area (Å²) >= 11 is 6.43. The van der Waals surface area contributed by atoms with E-state index in [4.69, 9.17) is 16.0 Å². The predicted molar refractivity (Wildman–Crippen MR) is 76.3 cm³/mol. The van der Waals surface area contributed by atoms with E-state index in [0.717, 1.165) is 16.9 Å². The fourth-order valence-corrected chi connectivity index (χ4v) is 2.49. The number of alkyl halides is 1. The van der Waals surface area contributed by atoms with Gasteiger partial charge in [0, 0.05) is 5.56 Å². The van der Waals surface area contributed by atoms with Crippen LogP contribution >= 0.6 is 11.6 Å². The van der Waals surface area contributed by atoms with Gasteiger partial charge in [0.2, 0.25) is 0 Å². The Morgan fingerprint density at radius 3 is 2.45 bits per heavy atom. The fourth-order valence-electron chi connectivity index (χ4n) is 2.13. The maximum absolute atomic E-state index is 11.3. The highest BCUT2D eigenvalue weighted by Gasteiger charge is 2.16. The lowest BCUT2D eigenvalue weighted by Crippen LogP contribution is -2.28. The van der Waals surface area contributed by atoms with Crippen molar-refractivity contribution in [1.82, 2.24) is 9.97 Å². The average molecular weight is 291 g/mol. The monoisotopic (exact) mass is 290 g/mol. The summed E-state index contributed by atoms with van der Waals surface area (Å²) in [4.78, 5) is 27.6. The van der Waals surface area contributed by atoms with E-state index in [0.29, 0.717) is 11.0 Å². The minimum Gasteiger partial charge on any atom is -0.469 e. The Labute approximate surface area is 118 Å². The second-order valence-corrected chi connectivity index (χ2v) is 4.94. The number of nitrogens with one attached hydrogen (secondary N) is 2. The normalized spacial score (nSPS) is 12.7. The molecule has 1 unspecified atom stereocenters. The maximum atomic E-state index is 11.3. The van der Waals surface area contributed by atoms with Crippen molar-refractivity contribution in [3.8, 4) is 0 Å². The largest absolute Gasteiger partial charge is 0.469 e. The van der Waals surface area contributed by atoms with Gasteiger partial charge in [-0.2, -0.15) is 0 Å². The number of H-pyrrole nitrogens is 2. The Morgan fingerprint density at radius 1 is 1.10 bits per heavy atom. The summed E-state index contributed by atoms with van der Waals surface area (Å²) in [6.45, 7) is 1.84. The standard InChI is InChI=1S/C14H11ClN2O3/c1-7-9(4-5-20-7)12(15)8-2-3-10-11(6-8)17-14(19)13(18)16-10/h2-6,12H,1H3,(H,16,18)(H,17,19). The molecule has 3 rings (SSSR count). The number of hydrogen-bond acceptors (Lipinski definition) is 3. The van der Waals surface area contributed by atoms with Crippen LogP contribution in [0.2, 0.25) is 0 Å². The molecule has 0 radical (unpaired) electrons. The van der Waals surface area contributed by atoms with Gasteiger partial charge < -0.3 is 14.4 Å². The number of furan rings is 1. The van der Waals surface area contributed by atoms with Crippen LogP contribution in [0.15, 0.2) is 44.5 Å². The van der Waals surface area contributed by atoms with E-state index in [2.05, 4.69) is 9.97 Å². The molecule has 2 heterocycles. The zero-order chi connectivity index (χ0) is 14.3. The van der Waals surface area contributed by atoms with Crippen LogP contribution in [-0.2, 0) is 0 Å². The maximum Gasteiger partial charge on any atom is 0.314 e. The first-order valence-electron chi connectivity index (χ1n) is 6.00. The molecule has 0 saturated carbocycles. The van der Waals surface area contributed by atoms with E-state index in [1.54, 1.807) is 24.5 Å². The van der Waals surface area contributed by atoms with Crippen molar-refractivity contribution < 1.29 is 4.42 Å². The summed E-state index contributed by atoms with van der Waals surface area (Å²) in [5.41, 5.74) is 1.44. The number of aromatic amines is 2. The van der Waals surface area contributed by atoms with Gasteiger partial charge in [-0.1, -0.05) is 6.07 Å². The van der Waals surface area contributed by atoms with Crippen LogP contribution in [0.4, 0.5) is 0 Å². The van der Waals surface area contributed by atoms with Gasteiger partial charge in [0.25, 0.3) is 0 Å². The van der Waals surface area contributed by atoms with E-state index in [1.165, 1.54) is 0 Å². The van der Waals surface area contributed by atoms with Crippen LogP contribution in [0.1, 0.15) is 22.3 Å². The Morgan fingerprint density at radius 2 is 1.80 bits per heavy atom. The van der Waals surface area contributed by atoms with Gasteiger partial charge in [0.05, 0.1) is 22.7 Å². The number of benzene rings is 1. The van der Waals surface area contributed by atoms with Crippen LogP contribution in [0.25, 0.3) is 11.0 Å². The first kappa shape index (κ1) is 12.7. The number of hydrogen-bond donors (Lipinski definition) is 2. The Kier molecular flexibility index (Phi) is 2.99. The minimum absolute atomic E-state index is 0.381. The highest BCUT2D eigenvalue weighted by atomic mass is 35.5. The molecule has 6 heteroatoms. The molecule has 0 amide bonds. The fraction of sp³-hybridized carbons (Fsp3) is 0.143. The second-order valence-electron chi connectivity index (χ2n) is 4.51. The smallest absolute Gasteiger partial charge is 0.314 e. The van der Waals surface area contributed by atoms with Crippen molar-refractivity contribution in [2.24, 2.45) is 0 Å². The Bertz CT molecular complexity index is 891. The number of halogens is 1. The summed E-state index contributed by atoms with van der Waals surface area (Å²) in [7, 11) is 0. The second kappa shape index (κ2) is 4.68. The van der Waals surface area contributed by atoms with Crippen molar-refractivity contribution in [3.63, 3.8) is 0 Å². The topological polar surface area (TPSA) is 78.9 Å². The van der Waals surface area contributed by atoms with Gasteiger partial charge >= 0.3 is 11.1 Å². The van der Waals surface area contributed by atoms with Crippen molar-refractivity contribution in [2.75, 3.05) is 0 Å². The van der Waals surface area contributed by atoms with E-state index in [-0.39, 0.29) is 5.38 Å². The summed E-state index contributed by atoms with van der Waals surface area (Å²) in [6, 6.07) is 7.08. The quantitative estimate of drug-likeness (QED) is 0.562. The molecule has 0 aliphatic heterocycles. The number of rotatable bonds is 2. The van der Waals surface area contributed by atoms with Crippen molar-refractivity contribution in [3.05, 3.63) is 68.1 Å². The minimum atomic E-state index is -0.680. The molecular weight excluding hydrogens is 280 g/mol. The number of fused-ring (bicyclic) bond motifs is 1. The molecule has 0 spiro atoms. The molecule has 1 aromatic carbocycles. The summed E-state index contributed by atoms with van der Waals surface area (Å²) in [5.74, 6) is 0.750. The molecule has 0 aliphatic carbocycles. The molecule has 0 saturated heterocycles. The average Bonchev–Trinajstić information content (AvgIpc) is 2.85. The first-order valence-corrected chi connectivity index (χ1v) is 6.44. The molecular formula is C14H11ClN2O3.